The predicted molar refractivity (Wildman–Crippen MR) is 85.7 cm³/mol. The monoisotopic (exact) mass is 317 g/mol. The Bertz CT molecular complexity index is 555. The molecular formula is C18H23NO4. The second-order valence-electron chi connectivity index (χ2n) is 5.95. The first-order chi connectivity index (χ1) is 11.1. The summed E-state index contributed by atoms with van der Waals surface area (Å²) in [6.07, 6.45) is 3.33. The number of esters is 1. The summed E-state index contributed by atoms with van der Waals surface area (Å²) in [4.78, 5) is 35.8. The van der Waals surface area contributed by atoms with Crippen LogP contribution in [0.1, 0.15) is 37.7 Å². The van der Waals surface area contributed by atoms with Crippen LogP contribution in [0.25, 0.3) is 0 Å². The van der Waals surface area contributed by atoms with E-state index in [0.717, 1.165) is 18.4 Å². The second kappa shape index (κ2) is 8.46. The Morgan fingerprint density at radius 3 is 2.70 bits per heavy atom. The van der Waals surface area contributed by atoms with Crippen molar-refractivity contribution in [3.63, 3.8) is 0 Å². The molecule has 124 valence electrons. The molecule has 0 unspecified atom stereocenters. The summed E-state index contributed by atoms with van der Waals surface area (Å²) in [5, 5.41) is 2.76. The Morgan fingerprint density at radius 1 is 1.30 bits per heavy atom. The molecule has 1 fully saturated rings. The molecule has 5 heteroatoms. The number of carbonyl (C=O) groups excluding carboxylic acids is 3. The van der Waals surface area contributed by atoms with E-state index in [-0.39, 0.29) is 17.6 Å². The van der Waals surface area contributed by atoms with Crippen LogP contribution >= 0.6 is 0 Å². The molecule has 1 aliphatic carbocycles. The number of rotatable bonds is 6. The van der Waals surface area contributed by atoms with Crippen molar-refractivity contribution in [2.24, 2.45) is 5.92 Å². The molecule has 5 nitrogen and oxygen atoms in total. The summed E-state index contributed by atoms with van der Waals surface area (Å²) in [5.41, 5.74) is 1.07. The fourth-order valence-corrected chi connectivity index (χ4v) is 2.99. The molecule has 0 aliphatic heterocycles. The van der Waals surface area contributed by atoms with Crippen molar-refractivity contribution >= 4 is 17.7 Å². The maximum Gasteiger partial charge on any atom is 0.328 e. The van der Waals surface area contributed by atoms with Crippen molar-refractivity contribution in [3.8, 4) is 0 Å². The quantitative estimate of drug-likeness (QED) is 0.815. The van der Waals surface area contributed by atoms with Gasteiger partial charge < -0.3 is 10.1 Å². The van der Waals surface area contributed by atoms with Crippen molar-refractivity contribution in [2.75, 3.05) is 7.11 Å². The van der Waals surface area contributed by atoms with Crippen LogP contribution in [0.3, 0.4) is 0 Å². The molecule has 1 amide bonds. The predicted octanol–water partition coefficient (Wildman–Crippen LogP) is 2.04. The van der Waals surface area contributed by atoms with Gasteiger partial charge in [-0.2, -0.15) is 0 Å². The third-order valence-corrected chi connectivity index (χ3v) is 4.25. The number of hydrogen-bond acceptors (Lipinski definition) is 4. The van der Waals surface area contributed by atoms with Crippen molar-refractivity contribution in [2.45, 2.75) is 44.6 Å². The molecule has 2 rings (SSSR count). The third kappa shape index (κ3) is 5.20. The van der Waals surface area contributed by atoms with E-state index in [2.05, 4.69) is 5.32 Å². The largest absolute Gasteiger partial charge is 0.467 e. The van der Waals surface area contributed by atoms with Crippen molar-refractivity contribution in [3.05, 3.63) is 35.9 Å². The Morgan fingerprint density at radius 2 is 2.04 bits per heavy atom. The first-order valence-electron chi connectivity index (χ1n) is 8.03. The molecule has 1 N–H and O–H groups in total. The smallest absolute Gasteiger partial charge is 0.328 e. The zero-order valence-electron chi connectivity index (χ0n) is 13.4. The minimum atomic E-state index is -0.729. The fraction of sp³-hybridized carbons (Fsp3) is 0.500. The highest BCUT2D eigenvalue weighted by Gasteiger charge is 2.33. The maximum atomic E-state index is 12.2. The number of benzene rings is 1. The lowest BCUT2D eigenvalue weighted by Crippen LogP contribution is -2.48. The Hall–Kier alpha value is -2.17. The zero-order chi connectivity index (χ0) is 16.7. The van der Waals surface area contributed by atoms with Gasteiger partial charge in [0.25, 0.3) is 0 Å². The van der Waals surface area contributed by atoms with Gasteiger partial charge in [-0.3, -0.25) is 9.59 Å². The fourth-order valence-electron chi connectivity index (χ4n) is 2.99. The molecule has 1 saturated carbocycles. The van der Waals surface area contributed by atoms with Gasteiger partial charge in [-0.25, -0.2) is 4.79 Å². The summed E-state index contributed by atoms with van der Waals surface area (Å²) < 4.78 is 4.80. The van der Waals surface area contributed by atoms with Gasteiger partial charge in [0.2, 0.25) is 5.91 Å². The topological polar surface area (TPSA) is 72.5 Å². The summed E-state index contributed by atoms with van der Waals surface area (Å²) >= 11 is 0. The average molecular weight is 317 g/mol. The summed E-state index contributed by atoms with van der Waals surface area (Å²) in [6.45, 7) is 0. The lowest BCUT2D eigenvalue weighted by molar-refractivity contribution is -0.147. The van der Waals surface area contributed by atoms with E-state index in [1.807, 2.05) is 30.3 Å². The number of ketones is 1. The zero-order valence-corrected chi connectivity index (χ0v) is 13.4. The molecule has 23 heavy (non-hydrogen) atoms. The maximum absolute atomic E-state index is 12.2. The summed E-state index contributed by atoms with van der Waals surface area (Å²) in [5.74, 6) is -0.682. The molecule has 0 aromatic heterocycles. The van der Waals surface area contributed by atoms with Crippen molar-refractivity contribution in [1.82, 2.24) is 5.32 Å². The molecule has 0 saturated heterocycles. The lowest BCUT2D eigenvalue weighted by Gasteiger charge is -2.28. The highest BCUT2D eigenvalue weighted by Crippen LogP contribution is 2.25. The number of nitrogens with one attached hydrogen (secondary N) is 1. The molecule has 0 heterocycles. The highest BCUT2D eigenvalue weighted by molar-refractivity contribution is 5.86. The van der Waals surface area contributed by atoms with Gasteiger partial charge >= 0.3 is 5.97 Å². The van der Waals surface area contributed by atoms with E-state index in [4.69, 9.17) is 4.74 Å². The summed E-state index contributed by atoms with van der Waals surface area (Å²) in [6, 6.07) is 8.98. The van der Waals surface area contributed by atoms with Gasteiger partial charge in [0.1, 0.15) is 11.8 Å². The van der Waals surface area contributed by atoms with Crippen molar-refractivity contribution < 1.29 is 19.1 Å². The van der Waals surface area contributed by atoms with Crippen LogP contribution in [0.2, 0.25) is 0 Å². The Labute approximate surface area is 136 Å². The molecule has 0 spiro atoms. The normalized spacial score (nSPS) is 19.0. The van der Waals surface area contributed by atoms with Crippen LogP contribution in [0.4, 0.5) is 0 Å². The molecule has 2 atom stereocenters. The molecule has 0 bridgehead atoms. The van der Waals surface area contributed by atoms with Crippen LogP contribution in [-0.4, -0.2) is 30.8 Å². The van der Waals surface area contributed by atoms with Gasteiger partial charge in [-0.05, 0) is 30.7 Å². The van der Waals surface area contributed by atoms with Gasteiger partial charge in [0.05, 0.1) is 7.11 Å². The SMILES string of the molecule is COC(=O)[C@H](NC(=O)CCc1ccccc1)[C@@H]1CCCC(=O)C1. The lowest BCUT2D eigenvalue weighted by atomic mass is 9.83. The van der Waals surface area contributed by atoms with E-state index >= 15 is 0 Å². The number of carbonyl (C=O) groups is 3. The van der Waals surface area contributed by atoms with E-state index in [1.54, 1.807) is 0 Å². The molecular weight excluding hydrogens is 294 g/mol. The average Bonchev–Trinajstić information content (AvgIpc) is 2.58. The third-order valence-electron chi connectivity index (χ3n) is 4.25. The van der Waals surface area contributed by atoms with Crippen LogP contribution in [0, 0.1) is 5.92 Å². The standard InChI is InChI=1S/C18H23NO4/c1-23-18(22)17(14-8-5-9-15(20)12-14)19-16(21)11-10-13-6-3-2-4-7-13/h2-4,6-7,14,17H,5,8-12H2,1H3,(H,19,21)/t14-,17-/m1/s1. The number of ether oxygens (including phenoxy) is 1. The van der Waals surface area contributed by atoms with Crippen LogP contribution in [-0.2, 0) is 25.5 Å². The number of hydrogen-bond donors (Lipinski definition) is 1. The molecule has 1 aliphatic rings. The molecule has 1 aromatic carbocycles. The van der Waals surface area contributed by atoms with E-state index < -0.39 is 12.0 Å². The number of methoxy groups -OCH3 is 1. The van der Waals surface area contributed by atoms with E-state index in [1.165, 1.54) is 7.11 Å². The van der Waals surface area contributed by atoms with Crippen molar-refractivity contribution in [1.29, 1.82) is 0 Å². The van der Waals surface area contributed by atoms with E-state index in [0.29, 0.717) is 25.7 Å². The minimum absolute atomic E-state index is 0.147. The van der Waals surface area contributed by atoms with Gasteiger partial charge in [-0.15, -0.1) is 0 Å². The number of aryl methyl sites for hydroxylation is 1. The Balaban J connectivity index is 1.92. The number of Topliss-reactive ketones (excluding diaryl/α,β-unsaturated/α-hetero) is 1. The minimum Gasteiger partial charge on any atom is -0.467 e. The van der Waals surface area contributed by atoms with Crippen LogP contribution in [0.5, 0.6) is 0 Å². The Kier molecular flexibility index (Phi) is 6.32. The molecule has 0 radical (unpaired) electrons. The van der Waals surface area contributed by atoms with Gasteiger partial charge in [-0.1, -0.05) is 30.3 Å². The van der Waals surface area contributed by atoms with Crippen LogP contribution in [0.15, 0.2) is 30.3 Å². The van der Waals surface area contributed by atoms with Gasteiger partial charge in [0.15, 0.2) is 0 Å². The highest BCUT2D eigenvalue weighted by atomic mass is 16.5. The van der Waals surface area contributed by atoms with Gasteiger partial charge in [0, 0.05) is 19.3 Å². The van der Waals surface area contributed by atoms with Crippen LogP contribution < -0.4 is 5.32 Å². The second-order valence-corrected chi connectivity index (χ2v) is 5.95. The van der Waals surface area contributed by atoms with E-state index in [9.17, 15) is 14.4 Å². The first-order valence-corrected chi connectivity index (χ1v) is 8.03. The number of amides is 1. The molecule has 1 aromatic rings. The first kappa shape index (κ1) is 17.2. The summed E-state index contributed by atoms with van der Waals surface area (Å²) in [7, 11) is 1.30.